The van der Waals surface area contributed by atoms with Gasteiger partial charge >= 0.3 is 12.1 Å². The molecule has 1 heterocycles. The lowest BCUT2D eigenvalue weighted by molar-refractivity contribution is -0.137. The number of esters is 1. The van der Waals surface area contributed by atoms with Gasteiger partial charge in [0.25, 0.3) is 0 Å². The van der Waals surface area contributed by atoms with Crippen LogP contribution in [0.25, 0.3) is 6.08 Å². The number of hydrogen-bond donors (Lipinski definition) is 0. The van der Waals surface area contributed by atoms with Gasteiger partial charge in [0, 0.05) is 12.0 Å². The van der Waals surface area contributed by atoms with E-state index in [0.717, 1.165) is 34.4 Å². The molecule has 0 saturated carbocycles. The van der Waals surface area contributed by atoms with Gasteiger partial charge in [0.1, 0.15) is 0 Å². The van der Waals surface area contributed by atoms with E-state index in [0.29, 0.717) is 25.9 Å². The van der Waals surface area contributed by atoms with Crippen LogP contribution in [0.15, 0.2) is 53.1 Å². The molecule has 2 nitrogen and oxygen atoms in total. The first kappa shape index (κ1) is 19.0. The molecular formula is C20H21F3O2. The van der Waals surface area contributed by atoms with Crippen molar-refractivity contribution in [2.45, 2.75) is 39.3 Å². The van der Waals surface area contributed by atoms with Gasteiger partial charge in [-0.3, -0.25) is 0 Å². The van der Waals surface area contributed by atoms with Gasteiger partial charge in [-0.25, -0.2) is 4.79 Å². The van der Waals surface area contributed by atoms with Crippen LogP contribution in [0.4, 0.5) is 13.2 Å². The summed E-state index contributed by atoms with van der Waals surface area (Å²) in [5.41, 5.74) is 3.01. The molecule has 1 aromatic rings. The van der Waals surface area contributed by atoms with Gasteiger partial charge in [-0.05, 0) is 44.4 Å². The third-order valence-corrected chi connectivity index (χ3v) is 4.09. The van der Waals surface area contributed by atoms with Crippen molar-refractivity contribution in [1.82, 2.24) is 0 Å². The SMILES string of the molecule is C/C(C/C=C(\C)C/C=C/c1ccc(C(F)(F)F)cc1)=C1\CCOC1=O. The third kappa shape index (κ3) is 5.62. The number of carbonyl (C=O) groups is 1. The molecule has 0 amide bonds. The summed E-state index contributed by atoms with van der Waals surface area (Å²) in [4.78, 5) is 11.5. The number of benzene rings is 1. The summed E-state index contributed by atoms with van der Waals surface area (Å²) in [7, 11) is 0. The lowest BCUT2D eigenvalue weighted by Crippen LogP contribution is -2.03. The van der Waals surface area contributed by atoms with Crippen LogP contribution in [-0.4, -0.2) is 12.6 Å². The zero-order valence-electron chi connectivity index (χ0n) is 14.3. The average molecular weight is 350 g/mol. The minimum absolute atomic E-state index is 0.217. The summed E-state index contributed by atoms with van der Waals surface area (Å²) >= 11 is 0. The van der Waals surface area contributed by atoms with Crippen LogP contribution >= 0.6 is 0 Å². The second-order valence-electron chi connectivity index (χ2n) is 6.13. The van der Waals surface area contributed by atoms with E-state index in [1.54, 1.807) is 6.08 Å². The van der Waals surface area contributed by atoms with Crippen LogP contribution in [0.5, 0.6) is 0 Å². The topological polar surface area (TPSA) is 26.3 Å². The molecule has 1 aromatic carbocycles. The Kier molecular flexibility index (Phi) is 6.23. The van der Waals surface area contributed by atoms with Crippen LogP contribution < -0.4 is 0 Å². The van der Waals surface area contributed by atoms with E-state index in [2.05, 4.69) is 6.08 Å². The molecule has 1 aliphatic heterocycles. The Morgan fingerprint density at radius 1 is 1.16 bits per heavy atom. The van der Waals surface area contributed by atoms with Crippen LogP contribution in [0.2, 0.25) is 0 Å². The van der Waals surface area contributed by atoms with E-state index >= 15 is 0 Å². The molecule has 0 spiro atoms. The number of carbonyl (C=O) groups excluding carboxylic acids is 1. The summed E-state index contributed by atoms with van der Waals surface area (Å²) in [6.07, 6.45) is 3.55. The average Bonchev–Trinajstić information content (AvgIpc) is 2.98. The molecule has 1 saturated heterocycles. The molecule has 2 rings (SSSR count). The van der Waals surface area contributed by atoms with Gasteiger partial charge in [-0.1, -0.05) is 41.5 Å². The third-order valence-electron chi connectivity index (χ3n) is 4.09. The maximum atomic E-state index is 12.5. The Bertz CT molecular complexity index is 707. The van der Waals surface area contributed by atoms with Gasteiger partial charge in [0.15, 0.2) is 0 Å². The lowest BCUT2D eigenvalue weighted by Gasteiger charge is -2.06. The van der Waals surface area contributed by atoms with Crippen LogP contribution in [0.3, 0.4) is 0 Å². The number of alkyl halides is 3. The highest BCUT2D eigenvalue weighted by Gasteiger charge is 2.29. The summed E-state index contributed by atoms with van der Waals surface area (Å²) in [6.45, 7) is 4.38. The normalized spacial score (nSPS) is 18.0. The monoisotopic (exact) mass is 350 g/mol. The van der Waals surface area contributed by atoms with Gasteiger partial charge in [-0.15, -0.1) is 0 Å². The van der Waals surface area contributed by atoms with Crippen molar-refractivity contribution in [2.75, 3.05) is 6.61 Å². The van der Waals surface area contributed by atoms with E-state index < -0.39 is 11.7 Å². The van der Waals surface area contributed by atoms with Crippen molar-refractivity contribution in [3.63, 3.8) is 0 Å². The number of halogens is 3. The Labute approximate surface area is 145 Å². The van der Waals surface area contributed by atoms with E-state index in [1.807, 2.05) is 19.9 Å². The molecular weight excluding hydrogens is 329 g/mol. The van der Waals surface area contributed by atoms with Gasteiger partial charge in [0.2, 0.25) is 0 Å². The molecule has 5 heteroatoms. The molecule has 1 aliphatic rings. The second kappa shape index (κ2) is 8.19. The van der Waals surface area contributed by atoms with Crippen molar-refractivity contribution in [3.8, 4) is 0 Å². The summed E-state index contributed by atoms with van der Waals surface area (Å²) < 4.78 is 42.5. The predicted octanol–water partition coefficient (Wildman–Crippen LogP) is 5.71. The molecule has 0 atom stereocenters. The lowest BCUT2D eigenvalue weighted by atomic mass is 10.0. The highest BCUT2D eigenvalue weighted by molar-refractivity contribution is 5.91. The van der Waals surface area contributed by atoms with Crippen molar-refractivity contribution in [1.29, 1.82) is 0 Å². The number of rotatable bonds is 5. The number of hydrogen-bond acceptors (Lipinski definition) is 2. The minimum atomic E-state index is -4.31. The zero-order valence-corrected chi connectivity index (χ0v) is 14.3. The molecule has 0 aromatic heterocycles. The number of cyclic esters (lactones) is 1. The first-order valence-electron chi connectivity index (χ1n) is 8.12. The van der Waals surface area contributed by atoms with Crippen LogP contribution in [0, 0.1) is 0 Å². The molecule has 0 bridgehead atoms. The number of ether oxygens (including phenoxy) is 1. The Morgan fingerprint density at radius 2 is 1.84 bits per heavy atom. The fourth-order valence-electron chi connectivity index (χ4n) is 2.52. The molecule has 134 valence electrons. The molecule has 0 N–H and O–H groups in total. The highest BCUT2D eigenvalue weighted by atomic mass is 19.4. The molecule has 0 aliphatic carbocycles. The van der Waals surface area contributed by atoms with E-state index in [-0.39, 0.29) is 5.97 Å². The largest absolute Gasteiger partial charge is 0.462 e. The Balaban J connectivity index is 1.89. The van der Waals surface area contributed by atoms with Crippen LogP contribution in [0.1, 0.15) is 44.2 Å². The molecule has 25 heavy (non-hydrogen) atoms. The molecule has 0 radical (unpaired) electrons. The van der Waals surface area contributed by atoms with E-state index in [9.17, 15) is 18.0 Å². The van der Waals surface area contributed by atoms with Crippen molar-refractivity contribution < 1.29 is 22.7 Å². The molecule has 1 fully saturated rings. The first-order valence-corrected chi connectivity index (χ1v) is 8.12. The highest BCUT2D eigenvalue weighted by Crippen LogP contribution is 2.29. The van der Waals surface area contributed by atoms with Crippen molar-refractivity contribution in [2.24, 2.45) is 0 Å². The van der Waals surface area contributed by atoms with Gasteiger partial charge in [0.05, 0.1) is 12.2 Å². The summed E-state index contributed by atoms with van der Waals surface area (Å²) in [5.74, 6) is -0.217. The van der Waals surface area contributed by atoms with Gasteiger partial charge in [-0.2, -0.15) is 13.2 Å². The minimum Gasteiger partial charge on any atom is -0.462 e. The molecule has 0 unspecified atom stereocenters. The fourth-order valence-corrected chi connectivity index (χ4v) is 2.52. The maximum Gasteiger partial charge on any atom is 0.416 e. The standard InChI is InChI=1S/C20H21F3O2/c1-14(6-7-15(2)18-12-13-25-19(18)24)4-3-5-16-8-10-17(11-9-16)20(21,22)23/h3,5-6,8-11H,4,7,12-13H2,1-2H3/b5-3+,14-6+,18-15-. The van der Waals surface area contributed by atoms with Crippen LogP contribution in [-0.2, 0) is 15.7 Å². The smallest absolute Gasteiger partial charge is 0.416 e. The number of allylic oxidation sites excluding steroid dienone is 4. The van der Waals surface area contributed by atoms with Crippen molar-refractivity contribution >= 4 is 12.0 Å². The Morgan fingerprint density at radius 3 is 2.40 bits per heavy atom. The van der Waals surface area contributed by atoms with Crippen molar-refractivity contribution in [3.05, 3.63) is 64.3 Å². The Hall–Kier alpha value is -2.30. The van der Waals surface area contributed by atoms with E-state index in [4.69, 9.17) is 4.74 Å². The van der Waals surface area contributed by atoms with E-state index in [1.165, 1.54) is 12.1 Å². The van der Waals surface area contributed by atoms with Gasteiger partial charge < -0.3 is 4.74 Å². The second-order valence-corrected chi connectivity index (χ2v) is 6.13. The maximum absolute atomic E-state index is 12.5. The first-order chi connectivity index (χ1) is 11.8. The predicted molar refractivity (Wildman–Crippen MR) is 91.7 cm³/mol. The summed E-state index contributed by atoms with van der Waals surface area (Å²) in [6, 6.07) is 5.08. The quantitative estimate of drug-likeness (QED) is 0.386. The summed E-state index contributed by atoms with van der Waals surface area (Å²) in [5, 5.41) is 0. The fraction of sp³-hybridized carbons (Fsp3) is 0.350. The zero-order chi connectivity index (χ0) is 18.4.